The van der Waals surface area contributed by atoms with Gasteiger partial charge >= 0.3 is 6.18 Å². The van der Waals surface area contributed by atoms with Crippen molar-refractivity contribution in [3.05, 3.63) is 24.0 Å². The van der Waals surface area contributed by atoms with Crippen molar-refractivity contribution >= 4 is 10.0 Å². The fourth-order valence-electron chi connectivity index (χ4n) is 1.54. The highest BCUT2D eigenvalue weighted by atomic mass is 32.2. The van der Waals surface area contributed by atoms with Crippen LogP contribution in [0.1, 0.15) is 19.0 Å². The van der Waals surface area contributed by atoms with E-state index in [2.05, 4.69) is 4.98 Å². The zero-order valence-corrected chi connectivity index (χ0v) is 10.9. The normalized spacial score (nSPS) is 14.4. The molecular formula is C10H14F3N3O2S. The summed E-state index contributed by atoms with van der Waals surface area (Å²) in [4.78, 5) is 3.58. The van der Waals surface area contributed by atoms with Crippen LogP contribution < -0.4 is 10.5 Å². The van der Waals surface area contributed by atoms with E-state index < -0.39 is 28.7 Å². The summed E-state index contributed by atoms with van der Waals surface area (Å²) in [6.07, 6.45) is -4.32. The van der Waals surface area contributed by atoms with Gasteiger partial charge in [-0.1, -0.05) is 0 Å². The van der Waals surface area contributed by atoms with Crippen LogP contribution in [0.3, 0.4) is 0 Å². The van der Waals surface area contributed by atoms with Crippen LogP contribution in [0.4, 0.5) is 13.2 Å². The maximum atomic E-state index is 12.2. The molecule has 19 heavy (non-hydrogen) atoms. The molecule has 0 fully saturated rings. The third kappa shape index (κ3) is 4.77. The van der Waals surface area contributed by atoms with Crippen LogP contribution in [-0.4, -0.2) is 25.6 Å². The number of alkyl halides is 3. The molecule has 1 rings (SSSR count). The number of nitrogens with zero attached hydrogens (tertiary/aromatic N) is 1. The van der Waals surface area contributed by atoms with Crippen LogP contribution in [0.15, 0.2) is 23.2 Å². The van der Waals surface area contributed by atoms with Gasteiger partial charge in [0, 0.05) is 18.8 Å². The van der Waals surface area contributed by atoms with Crippen molar-refractivity contribution in [1.29, 1.82) is 0 Å². The van der Waals surface area contributed by atoms with E-state index in [1.54, 1.807) is 0 Å². The van der Waals surface area contributed by atoms with Crippen molar-refractivity contribution in [2.75, 3.05) is 0 Å². The molecule has 1 atom stereocenters. The van der Waals surface area contributed by atoms with E-state index in [0.29, 0.717) is 0 Å². The molecule has 1 aromatic rings. The lowest BCUT2D eigenvalue weighted by Crippen LogP contribution is -2.36. The van der Waals surface area contributed by atoms with Crippen molar-refractivity contribution in [2.45, 2.75) is 37.0 Å². The minimum Gasteiger partial charge on any atom is -0.325 e. The Morgan fingerprint density at radius 2 is 2.11 bits per heavy atom. The van der Waals surface area contributed by atoms with Crippen molar-refractivity contribution in [3.8, 4) is 0 Å². The van der Waals surface area contributed by atoms with Crippen LogP contribution in [0, 0.1) is 0 Å². The molecule has 0 aliphatic carbocycles. The molecule has 1 heterocycles. The lowest BCUT2D eigenvalue weighted by atomic mass is 10.2. The zero-order valence-electron chi connectivity index (χ0n) is 10.1. The Morgan fingerprint density at radius 3 is 2.63 bits per heavy atom. The number of nitrogens with one attached hydrogen (secondary N) is 1. The highest BCUT2D eigenvalue weighted by molar-refractivity contribution is 7.89. The fraction of sp³-hybridized carbons (Fsp3) is 0.500. The number of pyridine rings is 1. The second-order valence-corrected chi connectivity index (χ2v) is 5.68. The lowest BCUT2D eigenvalue weighted by Gasteiger charge is -2.16. The molecule has 0 aromatic carbocycles. The topological polar surface area (TPSA) is 85.1 Å². The molecule has 1 aromatic heterocycles. The van der Waals surface area contributed by atoms with E-state index in [-0.39, 0.29) is 17.1 Å². The summed E-state index contributed by atoms with van der Waals surface area (Å²) >= 11 is 0. The van der Waals surface area contributed by atoms with Crippen LogP contribution in [0.2, 0.25) is 0 Å². The molecule has 0 bridgehead atoms. The van der Waals surface area contributed by atoms with Gasteiger partial charge < -0.3 is 5.73 Å². The Balaban J connectivity index is 2.93. The molecule has 0 aliphatic heterocycles. The van der Waals surface area contributed by atoms with Crippen LogP contribution in [0.25, 0.3) is 0 Å². The summed E-state index contributed by atoms with van der Waals surface area (Å²) in [7, 11) is -4.07. The highest BCUT2D eigenvalue weighted by Gasteiger charge is 2.32. The standard InChI is InChI=1S/C10H14F3N3O2S/c1-7(5-10(11,12)13)16-19(17,18)9-3-2-4-15-8(9)6-14/h2-4,7,16H,5-6,14H2,1H3. The molecule has 3 N–H and O–H groups in total. The van der Waals surface area contributed by atoms with Gasteiger partial charge in [0.15, 0.2) is 0 Å². The smallest absolute Gasteiger partial charge is 0.325 e. The molecule has 0 saturated heterocycles. The first-order valence-electron chi connectivity index (χ1n) is 5.39. The number of sulfonamides is 1. The molecule has 5 nitrogen and oxygen atoms in total. The number of aromatic nitrogens is 1. The Labute approximate surface area is 109 Å². The summed E-state index contributed by atoms with van der Waals surface area (Å²) < 4.78 is 62.3. The first-order valence-corrected chi connectivity index (χ1v) is 6.87. The quantitative estimate of drug-likeness (QED) is 0.854. The molecule has 0 saturated carbocycles. The fourth-order valence-corrected chi connectivity index (χ4v) is 2.98. The van der Waals surface area contributed by atoms with Gasteiger partial charge in [-0.15, -0.1) is 0 Å². The number of halogens is 3. The van der Waals surface area contributed by atoms with E-state index in [9.17, 15) is 21.6 Å². The molecule has 0 amide bonds. The second kappa shape index (κ2) is 5.85. The van der Waals surface area contributed by atoms with Gasteiger partial charge in [0.05, 0.1) is 12.1 Å². The first-order chi connectivity index (χ1) is 8.65. The third-order valence-electron chi connectivity index (χ3n) is 2.23. The van der Waals surface area contributed by atoms with Gasteiger partial charge in [0.25, 0.3) is 0 Å². The summed E-state index contributed by atoms with van der Waals surface area (Å²) in [6, 6.07) is 1.36. The first kappa shape index (κ1) is 15.9. The predicted molar refractivity (Wildman–Crippen MR) is 62.6 cm³/mol. The molecule has 9 heteroatoms. The summed E-state index contributed by atoms with van der Waals surface area (Å²) in [5, 5.41) is 0. The minimum absolute atomic E-state index is 0.106. The second-order valence-electron chi connectivity index (χ2n) is 3.99. The molecular weight excluding hydrogens is 283 g/mol. The minimum atomic E-state index is -4.44. The maximum absolute atomic E-state index is 12.2. The number of rotatable bonds is 5. The molecule has 1 unspecified atom stereocenters. The Hall–Kier alpha value is -1.19. The van der Waals surface area contributed by atoms with Crippen LogP contribution in [-0.2, 0) is 16.6 Å². The number of hydrogen-bond donors (Lipinski definition) is 2. The van der Waals surface area contributed by atoms with Gasteiger partial charge in [-0.3, -0.25) is 4.98 Å². The van der Waals surface area contributed by atoms with Gasteiger partial charge in [0.1, 0.15) is 4.90 Å². The number of nitrogens with two attached hydrogens (primary N) is 1. The van der Waals surface area contributed by atoms with E-state index >= 15 is 0 Å². The van der Waals surface area contributed by atoms with Gasteiger partial charge in [-0.25, -0.2) is 13.1 Å². The van der Waals surface area contributed by atoms with Crippen molar-refractivity contribution in [2.24, 2.45) is 5.73 Å². The zero-order chi connectivity index (χ0) is 14.7. The van der Waals surface area contributed by atoms with Gasteiger partial charge in [-0.05, 0) is 19.1 Å². The molecule has 0 aliphatic rings. The summed E-state index contributed by atoms with van der Waals surface area (Å²) in [6.45, 7) is 1.02. The average Bonchev–Trinajstić information content (AvgIpc) is 2.25. The van der Waals surface area contributed by atoms with E-state index in [0.717, 1.165) is 6.92 Å². The Kier molecular flexibility index (Phi) is 4.88. The number of hydrogen-bond acceptors (Lipinski definition) is 4. The summed E-state index contributed by atoms with van der Waals surface area (Å²) in [5.74, 6) is 0. The van der Waals surface area contributed by atoms with Crippen molar-refractivity contribution < 1.29 is 21.6 Å². The molecule has 0 radical (unpaired) electrons. The van der Waals surface area contributed by atoms with E-state index in [1.807, 2.05) is 4.72 Å². The predicted octanol–water partition coefficient (Wildman–Crippen LogP) is 1.16. The van der Waals surface area contributed by atoms with Crippen LogP contribution >= 0.6 is 0 Å². The largest absolute Gasteiger partial charge is 0.390 e. The molecule has 108 valence electrons. The Bertz CT molecular complexity index is 531. The van der Waals surface area contributed by atoms with E-state index in [4.69, 9.17) is 5.73 Å². The van der Waals surface area contributed by atoms with E-state index in [1.165, 1.54) is 18.3 Å². The monoisotopic (exact) mass is 297 g/mol. The lowest BCUT2D eigenvalue weighted by molar-refractivity contribution is -0.137. The Morgan fingerprint density at radius 1 is 1.47 bits per heavy atom. The summed E-state index contributed by atoms with van der Waals surface area (Å²) in [5.41, 5.74) is 5.45. The average molecular weight is 297 g/mol. The van der Waals surface area contributed by atoms with Crippen molar-refractivity contribution in [3.63, 3.8) is 0 Å². The van der Waals surface area contributed by atoms with Gasteiger partial charge in [-0.2, -0.15) is 13.2 Å². The maximum Gasteiger partial charge on any atom is 0.390 e. The van der Waals surface area contributed by atoms with Crippen molar-refractivity contribution in [1.82, 2.24) is 9.71 Å². The van der Waals surface area contributed by atoms with Gasteiger partial charge in [0.2, 0.25) is 10.0 Å². The SMILES string of the molecule is CC(CC(F)(F)F)NS(=O)(=O)c1cccnc1CN. The van der Waals surface area contributed by atoms with Crippen LogP contribution in [0.5, 0.6) is 0 Å². The third-order valence-corrected chi connectivity index (χ3v) is 3.89. The highest BCUT2D eigenvalue weighted by Crippen LogP contribution is 2.22. The molecule has 0 spiro atoms.